The number of carbonyl (C=O) groups is 2. The number of nitrogens with one attached hydrogen (secondary N) is 2. The Bertz CT molecular complexity index is 1850. The second-order valence-corrected chi connectivity index (χ2v) is 10.3. The van der Waals surface area contributed by atoms with Gasteiger partial charge in [-0.25, -0.2) is 14.8 Å². The molecule has 4 heterocycles. The van der Waals surface area contributed by atoms with Crippen LogP contribution in [0.4, 0.5) is 23.9 Å². The number of para-hydroxylation sites is 1. The molecule has 1 aliphatic heterocycles. The van der Waals surface area contributed by atoms with E-state index in [4.69, 9.17) is 4.74 Å². The third-order valence-electron chi connectivity index (χ3n) is 7.29. The summed E-state index contributed by atoms with van der Waals surface area (Å²) in [5, 5.41) is 14.8. The summed E-state index contributed by atoms with van der Waals surface area (Å²) in [6.07, 6.45) is -3.59. The Balaban J connectivity index is 1.39. The number of carbonyl (C=O) groups excluding carboxylic acids is 2. The van der Waals surface area contributed by atoms with Crippen molar-refractivity contribution in [2.45, 2.75) is 39.2 Å². The first-order valence-corrected chi connectivity index (χ1v) is 13.9. The van der Waals surface area contributed by atoms with Gasteiger partial charge in [-0.05, 0) is 31.5 Å². The fourth-order valence-electron chi connectivity index (χ4n) is 5.04. The van der Waals surface area contributed by atoms with Crippen molar-refractivity contribution in [3.63, 3.8) is 0 Å². The molecule has 15 heteroatoms. The van der Waals surface area contributed by atoms with Gasteiger partial charge in [-0.15, -0.1) is 5.10 Å². The van der Waals surface area contributed by atoms with E-state index in [0.717, 1.165) is 11.6 Å². The van der Waals surface area contributed by atoms with Gasteiger partial charge in [-0.3, -0.25) is 9.48 Å². The van der Waals surface area contributed by atoms with Crippen molar-refractivity contribution in [3.05, 3.63) is 71.5 Å². The largest absolute Gasteiger partial charge is 0.445 e. The Morgan fingerprint density at radius 1 is 1.11 bits per heavy atom. The van der Waals surface area contributed by atoms with Crippen molar-refractivity contribution in [2.75, 3.05) is 25.0 Å². The summed E-state index contributed by atoms with van der Waals surface area (Å²) in [5.41, 5.74) is 0.818. The van der Waals surface area contributed by atoms with Gasteiger partial charge in [0.25, 0.3) is 0 Å². The fraction of sp³-hybridized carbons (Fsp3) is 0.310. The Hall–Kier alpha value is -5.21. The quantitative estimate of drug-likeness (QED) is 0.296. The molecular formula is C29H28F3N9O3. The second kappa shape index (κ2) is 11.5. The molecule has 1 aliphatic rings. The first-order valence-electron chi connectivity index (χ1n) is 13.9. The van der Waals surface area contributed by atoms with Crippen LogP contribution in [0.15, 0.2) is 54.7 Å². The summed E-state index contributed by atoms with van der Waals surface area (Å²) >= 11 is 0. The molecule has 0 radical (unpaired) electrons. The molecular weight excluding hydrogens is 579 g/mol. The van der Waals surface area contributed by atoms with Crippen LogP contribution in [0.25, 0.3) is 27.9 Å². The minimum absolute atomic E-state index is 0.0402. The molecule has 12 nitrogen and oxygen atoms in total. The normalized spacial score (nSPS) is 15.8. The lowest BCUT2D eigenvalue weighted by Gasteiger charge is -2.23. The van der Waals surface area contributed by atoms with Gasteiger partial charge in [0.15, 0.2) is 11.5 Å². The van der Waals surface area contributed by atoms with E-state index in [2.05, 4.69) is 30.8 Å². The zero-order valence-corrected chi connectivity index (χ0v) is 23.8. The van der Waals surface area contributed by atoms with Gasteiger partial charge in [0.05, 0.1) is 28.9 Å². The van der Waals surface area contributed by atoms with Crippen molar-refractivity contribution in [3.8, 4) is 11.4 Å². The average molecular weight is 608 g/mol. The predicted octanol–water partition coefficient (Wildman–Crippen LogP) is 4.04. The first-order chi connectivity index (χ1) is 21.1. The molecule has 2 N–H and O–H groups in total. The van der Waals surface area contributed by atoms with Crippen molar-refractivity contribution in [1.82, 2.24) is 39.6 Å². The lowest BCUT2D eigenvalue weighted by Crippen LogP contribution is -2.44. The highest BCUT2D eigenvalue weighted by atomic mass is 19.4. The van der Waals surface area contributed by atoms with Crippen LogP contribution in [0.1, 0.15) is 23.7 Å². The number of aryl methyl sites for hydroxylation is 2. The zero-order valence-electron chi connectivity index (χ0n) is 23.8. The maximum Gasteiger partial charge on any atom is 0.418 e. The van der Waals surface area contributed by atoms with Crippen molar-refractivity contribution < 1.29 is 27.5 Å². The lowest BCUT2D eigenvalue weighted by atomic mass is 10.1. The van der Waals surface area contributed by atoms with Gasteiger partial charge < -0.3 is 20.3 Å². The molecule has 44 heavy (non-hydrogen) atoms. The standard InChI is InChI=1S/C29H28F3N9O3/c1-3-40-14-20(17(2)37-40)24-36-25-19-10-7-11-21(29(30,31)32)23(19)35-27(41(25)38-24)34-22-15-39(13-12-33-26(22)42)28(43)44-16-18-8-5-4-6-9-18/h4-11,14,22H,3,12-13,15-16H2,1-2H3,(H,33,42)(H,34,35)/t22-/m1/s1. The van der Waals surface area contributed by atoms with Gasteiger partial charge >= 0.3 is 12.3 Å². The molecule has 0 spiro atoms. The Labute approximate surface area is 248 Å². The molecule has 1 atom stereocenters. The molecule has 0 bridgehead atoms. The second-order valence-electron chi connectivity index (χ2n) is 10.3. The number of anilines is 1. The maximum atomic E-state index is 14.1. The van der Waals surface area contributed by atoms with Crippen LogP contribution in [-0.4, -0.2) is 71.9 Å². The van der Waals surface area contributed by atoms with E-state index in [1.807, 2.05) is 37.3 Å². The molecule has 6 rings (SSSR count). The zero-order chi connectivity index (χ0) is 31.0. The van der Waals surface area contributed by atoms with Crippen LogP contribution in [0.5, 0.6) is 0 Å². The van der Waals surface area contributed by atoms with Crippen molar-refractivity contribution in [2.24, 2.45) is 0 Å². The van der Waals surface area contributed by atoms with Crippen LogP contribution in [0.3, 0.4) is 0 Å². The molecule has 228 valence electrons. The van der Waals surface area contributed by atoms with Crippen LogP contribution < -0.4 is 10.6 Å². The topological polar surface area (TPSA) is 132 Å². The molecule has 0 aliphatic carbocycles. The van der Waals surface area contributed by atoms with Crippen molar-refractivity contribution >= 4 is 34.5 Å². The number of rotatable bonds is 6. The number of hydrogen-bond acceptors (Lipinski definition) is 8. The third-order valence-corrected chi connectivity index (χ3v) is 7.29. The molecule has 1 saturated heterocycles. The van der Waals surface area contributed by atoms with Gasteiger partial charge in [0.2, 0.25) is 11.9 Å². The molecule has 2 amide bonds. The van der Waals surface area contributed by atoms with E-state index in [0.29, 0.717) is 17.8 Å². The van der Waals surface area contributed by atoms with Crippen LogP contribution in [0, 0.1) is 6.92 Å². The smallest absolute Gasteiger partial charge is 0.418 e. The van der Waals surface area contributed by atoms with Crippen LogP contribution in [-0.2, 0) is 28.9 Å². The van der Waals surface area contributed by atoms with E-state index >= 15 is 0 Å². The summed E-state index contributed by atoms with van der Waals surface area (Å²) in [4.78, 5) is 36.3. The number of aromatic nitrogens is 6. The highest BCUT2D eigenvalue weighted by Crippen LogP contribution is 2.36. The number of halogens is 3. The SMILES string of the molecule is CCn1cc(-c2nc3c4cccc(C(F)(F)F)c4nc(N[C@@H]4CN(C(=O)OCc5ccccc5)CCNC4=O)n3n2)c(C)n1. The average Bonchev–Trinajstić information content (AvgIpc) is 3.57. The third kappa shape index (κ3) is 5.59. The number of benzene rings is 2. The highest BCUT2D eigenvalue weighted by Gasteiger charge is 2.35. The Morgan fingerprint density at radius 2 is 1.91 bits per heavy atom. The Kier molecular flexibility index (Phi) is 7.53. The predicted molar refractivity (Wildman–Crippen MR) is 154 cm³/mol. The molecule has 0 unspecified atom stereocenters. The van der Waals surface area contributed by atoms with Gasteiger partial charge in [0.1, 0.15) is 12.6 Å². The van der Waals surface area contributed by atoms with E-state index in [9.17, 15) is 22.8 Å². The number of nitrogens with zero attached hydrogens (tertiary/aromatic N) is 7. The number of alkyl halides is 3. The summed E-state index contributed by atoms with van der Waals surface area (Å²) in [6.45, 7) is 4.54. The molecule has 1 fully saturated rings. The minimum Gasteiger partial charge on any atom is -0.445 e. The first kappa shape index (κ1) is 28.9. The summed E-state index contributed by atoms with van der Waals surface area (Å²) in [7, 11) is 0. The molecule has 3 aromatic heterocycles. The molecule has 5 aromatic rings. The van der Waals surface area contributed by atoms with Crippen LogP contribution >= 0.6 is 0 Å². The van der Waals surface area contributed by atoms with Gasteiger partial charge in [0, 0.05) is 31.2 Å². The lowest BCUT2D eigenvalue weighted by molar-refractivity contribution is -0.136. The van der Waals surface area contributed by atoms with Gasteiger partial charge in [-0.1, -0.05) is 36.4 Å². The number of fused-ring (bicyclic) bond motifs is 3. The number of hydrogen-bond donors (Lipinski definition) is 2. The van der Waals surface area contributed by atoms with Crippen molar-refractivity contribution in [1.29, 1.82) is 0 Å². The van der Waals surface area contributed by atoms with E-state index in [1.165, 1.54) is 21.5 Å². The number of amides is 2. The molecule has 2 aromatic carbocycles. The minimum atomic E-state index is -4.71. The number of ether oxygens (including phenoxy) is 1. The maximum absolute atomic E-state index is 14.1. The van der Waals surface area contributed by atoms with Crippen LogP contribution in [0.2, 0.25) is 0 Å². The monoisotopic (exact) mass is 607 g/mol. The van der Waals surface area contributed by atoms with E-state index < -0.39 is 29.8 Å². The van der Waals surface area contributed by atoms with Gasteiger partial charge in [-0.2, -0.15) is 22.8 Å². The molecule has 0 saturated carbocycles. The summed E-state index contributed by atoms with van der Waals surface area (Å²) in [6, 6.07) is 11.7. The summed E-state index contributed by atoms with van der Waals surface area (Å²) < 4.78 is 50.7. The van der Waals surface area contributed by atoms with E-state index in [-0.39, 0.29) is 54.6 Å². The Morgan fingerprint density at radius 3 is 2.64 bits per heavy atom. The highest BCUT2D eigenvalue weighted by molar-refractivity contribution is 5.95. The van der Waals surface area contributed by atoms with E-state index in [1.54, 1.807) is 17.8 Å². The summed E-state index contributed by atoms with van der Waals surface area (Å²) in [5.74, 6) is -0.389. The fourth-order valence-corrected chi connectivity index (χ4v) is 5.04.